The molecular weight excluding hydrogens is 547 g/mol. The molecule has 1 fully saturated rings. The lowest BCUT2D eigenvalue weighted by Gasteiger charge is -2.30. The van der Waals surface area contributed by atoms with Gasteiger partial charge in [0.1, 0.15) is 5.82 Å². The van der Waals surface area contributed by atoms with Crippen LogP contribution in [-0.2, 0) is 12.8 Å². The van der Waals surface area contributed by atoms with Gasteiger partial charge in [0.2, 0.25) is 11.6 Å². The minimum atomic E-state index is -0.983. The lowest BCUT2D eigenvalue weighted by atomic mass is 9.75. The number of rotatable bonds is 14. The van der Waals surface area contributed by atoms with Crippen molar-refractivity contribution < 1.29 is 31.4 Å². The van der Waals surface area contributed by atoms with Gasteiger partial charge in [-0.15, -0.1) is 0 Å². The number of halogens is 5. The maximum absolute atomic E-state index is 15.2. The number of ether oxygens (including phenoxy) is 2. The number of hydrogen-bond acceptors (Lipinski definition) is 2. The first kappa shape index (κ1) is 31.8. The number of benzene rings is 3. The van der Waals surface area contributed by atoms with Gasteiger partial charge in [-0.1, -0.05) is 57.4 Å². The largest absolute Gasteiger partial charge is 0.490 e. The van der Waals surface area contributed by atoms with E-state index in [2.05, 4.69) is 6.92 Å². The highest BCUT2D eigenvalue weighted by atomic mass is 19.2. The predicted octanol–water partition coefficient (Wildman–Crippen LogP) is 10.4. The van der Waals surface area contributed by atoms with E-state index in [1.807, 2.05) is 13.0 Å². The van der Waals surface area contributed by atoms with Crippen LogP contribution in [0.4, 0.5) is 22.0 Å². The summed E-state index contributed by atoms with van der Waals surface area (Å²) in [5.41, 5.74) is 1.87. The zero-order valence-corrected chi connectivity index (χ0v) is 24.6. The van der Waals surface area contributed by atoms with Crippen molar-refractivity contribution in [2.24, 2.45) is 0 Å². The van der Waals surface area contributed by atoms with Crippen molar-refractivity contribution in [2.45, 2.75) is 96.3 Å². The molecule has 1 saturated carbocycles. The van der Waals surface area contributed by atoms with Crippen LogP contribution < -0.4 is 9.47 Å². The van der Waals surface area contributed by atoms with E-state index in [4.69, 9.17) is 9.47 Å². The average molecular weight is 589 g/mol. The molecule has 4 rings (SSSR count). The van der Waals surface area contributed by atoms with E-state index in [9.17, 15) is 17.6 Å². The van der Waals surface area contributed by atoms with Crippen molar-refractivity contribution in [2.75, 3.05) is 13.2 Å². The summed E-state index contributed by atoms with van der Waals surface area (Å²) in [7, 11) is 0. The second kappa shape index (κ2) is 15.4. The van der Waals surface area contributed by atoms with Crippen LogP contribution in [0.3, 0.4) is 0 Å². The van der Waals surface area contributed by atoms with Gasteiger partial charge in [0.25, 0.3) is 0 Å². The van der Waals surface area contributed by atoms with E-state index < -0.39 is 23.3 Å². The van der Waals surface area contributed by atoms with Gasteiger partial charge in [0, 0.05) is 0 Å². The average Bonchev–Trinajstić information content (AvgIpc) is 2.99. The van der Waals surface area contributed by atoms with Crippen LogP contribution in [0.2, 0.25) is 0 Å². The van der Waals surface area contributed by atoms with Gasteiger partial charge in [-0.2, -0.15) is 8.78 Å². The molecule has 42 heavy (non-hydrogen) atoms. The lowest BCUT2D eigenvalue weighted by molar-refractivity contribution is 0.284. The van der Waals surface area contributed by atoms with Crippen LogP contribution in [0.25, 0.3) is 0 Å². The standard InChI is InChI=1S/C35H41F5O2/c1-3-5-6-7-21-42-30-18-15-26(32(37)34(30)39)10-8-23-9-16-27(29(36)22-23)24-11-13-25(14-12-24)28-17-19-31(41-20-4-2)35(40)33(28)38/h9,15-19,22,24-25H,3-8,10-14,20-21H2,1-2H3. The third-order valence-electron chi connectivity index (χ3n) is 8.28. The predicted molar refractivity (Wildman–Crippen MR) is 156 cm³/mol. The summed E-state index contributed by atoms with van der Waals surface area (Å²) in [6.07, 6.45) is 7.81. The second-order valence-electron chi connectivity index (χ2n) is 11.3. The van der Waals surface area contributed by atoms with Crippen molar-refractivity contribution in [3.8, 4) is 11.5 Å². The number of unbranched alkanes of at least 4 members (excludes halogenated alkanes) is 3. The first-order valence-electron chi connectivity index (χ1n) is 15.3. The Morgan fingerprint density at radius 1 is 0.595 bits per heavy atom. The number of aryl methyl sites for hydroxylation is 2. The molecule has 0 aliphatic heterocycles. The third kappa shape index (κ3) is 7.84. The molecule has 7 heteroatoms. The van der Waals surface area contributed by atoms with Gasteiger partial charge < -0.3 is 9.47 Å². The Kier molecular flexibility index (Phi) is 11.7. The number of hydrogen-bond donors (Lipinski definition) is 0. The highest BCUT2D eigenvalue weighted by molar-refractivity contribution is 5.35. The Hall–Kier alpha value is -3.09. The monoisotopic (exact) mass is 588 g/mol. The van der Waals surface area contributed by atoms with E-state index in [1.165, 1.54) is 24.3 Å². The Labute approximate surface area is 246 Å². The molecular formula is C35H41F5O2. The molecule has 0 radical (unpaired) electrons. The van der Waals surface area contributed by atoms with Crippen LogP contribution in [0.5, 0.6) is 11.5 Å². The van der Waals surface area contributed by atoms with Crippen LogP contribution >= 0.6 is 0 Å². The highest BCUT2D eigenvalue weighted by Gasteiger charge is 2.28. The first-order chi connectivity index (χ1) is 20.3. The van der Waals surface area contributed by atoms with Gasteiger partial charge in [0.05, 0.1) is 13.2 Å². The van der Waals surface area contributed by atoms with Crippen LogP contribution in [0.1, 0.15) is 106 Å². The van der Waals surface area contributed by atoms with Crippen molar-refractivity contribution in [3.05, 3.63) is 93.8 Å². The molecule has 2 nitrogen and oxygen atoms in total. The quantitative estimate of drug-likeness (QED) is 0.138. The topological polar surface area (TPSA) is 18.5 Å². The zero-order valence-electron chi connectivity index (χ0n) is 24.6. The summed E-state index contributed by atoms with van der Waals surface area (Å²) in [5, 5.41) is 0. The minimum Gasteiger partial charge on any atom is -0.490 e. The molecule has 0 unspecified atom stereocenters. The highest BCUT2D eigenvalue weighted by Crippen LogP contribution is 2.43. The Morgan fingerprint density at radius 2 is 1.21 bits per heavy atom. The SMILES string of the molecule is CCCCCCOc1ccc(CCc2ccc(C3CCC(c4ccc(OCCC)c(F)c4F)CC3)c(F)c2)c(F)c1F. The molecule has 0 heterocycles. The Balaban J connectivity index is 1.32. The summed E-state index contributed by atoms with van der Waals surface area (Å²) >= 11 is 0. The fourth-order valence-electron chi connectivity index (χ4n) is 5.82. The molecule has 1 aliphatic carbocycles. The summed E-state index contributed by atoms with van der Waals surface area (Å²) < 4.78 is 84.3. The van der Waals surface area contributed by atoms with Gasteiger partial charge >= 0.3 is 0 Å². The Bertz CT molecular complexity index is 1320. The van der Waals surface area contributed by atoms with Crippen molar-refractivity contribution in [1.29, 1.82) is 0 Å². The van der Waals surface area contributed by atoms with Crippen molar-refractivity contribution >= 4 is 0 Å². The molecule has 0 spiro atoms. The summed E-state index contributed by atoms with van der Waals surface area (Å²) in [6.45, 7) is 4.67. The molecule has 0 bridgehead atoms. The fraction of sp³-hybridized carbons (Fsp3) is 0.486. The maximum Gasteiger partial charge on any atom is 0.200 e. The molecule has 3 aromatic carbocycles. The summed E-state index contributed by atoms with van der Waals surface area (Å²) in [4.78, 5) is 0. The molecule has 0 amide bonds. The molecule has 3 aromatic rings. The molecule has 1 aliphatic rings. The summed E-state index contributed by atoms with van der Waals surface area (Å²) in [5.74, 6) is -4.34. The van der Waals surface area contributed by atoms with E-state index in [1.54, 1.807) is 12.1 Å². The van der Waals surface area contributed by atoms with Crippen molar-refractivity contribution in [1.82, 2.24) is 0 Å². The van der Waals surface area contributed by atoms with E-state index in [0.717, 1.165) is 25.7 Å². The maximum atomic E-state index is 15.2. The third-order valence-corrected chi connectivity index (χ3v) is 8.28. The fourth-order valence-corrected chi connectivity index (χ4v) is 5.82. The first-order valence-corrected chi connectivity index (χ1v) is 15.3. The van der Waals surface area contributed by atoms with E-state index in [-0.39, 0.29) is 41.1 Å². The summed E-state index contributed by atoms with van der Waals surface area (Å²) in [6, 6.07) is 11.2. The smallest absolute Gasteiger partial charge is 0.200 e. The molecule has 0 N–H and O–H groups in total. The molecule has 228 valence electrons. The van der Waals surface area contributed by atoms with Gasteiger partial charge in [-0.3, -0.25) is 0 Å². The second-order valence-corrected chi connectivity index (χ2v) is 11.3. The van der Waals surface area contributed by atoms with Gasteiger partial charge in [-0.25, -0.2) is 13.2 Å². The van der Waals surface area contributed by atoms with Gasteiger partial charge in [-0.05, 0) is 104 Å². The minimum absolute atomic E-state index is 0.0172. The van der Waals surface area contributed by atoms with E-state index in [0.29, 0.717) is 68.4 Å². The molecule has 0 saturated heterocycles. The van der Waals surface area contributed by atoms with Crippen molar-refractivity contribution in [3.63, 3.8) is 0 Å². The van der Waals surface area contributed by atoms with Gasteiger partial charge in [0.15, 0.2) is 23.1 Å². The zero-order chi connectivity index (χ0) is 30.1. The lowest BCUT2D eigenvalue weighted by Crippen LogP contribution is -2.15. The Morgan fingerprint density at radius 3 is 1.88 bits per heavy atom. The van der Waals surface area contributed by atoms with Crippen LogP contribution in [0, 0.1) is 29.1 Å². The van der Waals surface area contributed by atoms with Crippen LogP contribution in [-0.4, -0.2) is 13.2 Å². The van der Waals surface area contributed by atoms with E-state index >= 15 is 4.39 Å². The molecule has 0 atom stereocenters. The molecule has 0 aromatic heterocycles. The van der Waals surface area contributed by atoms with Crippen LogP contribution in [0.15, 0.2) is 42.5 Å². The normalized spacial score (nSPS) is 16.9.